The molecule has 0 saturated heterocycles. The summed E-state index contributed by atoms with van der Waals surface area (Å²) < 4.78 is 18.3. The Balaban J connectivity index is 1.90. The number of hydrogen-bond acceptors (Lipinski definition) is 3. The van der Waals surface area contributed by atoms with E-state index in [0.717, 1.165) is 12.8 Å². The van der Waals surface area contributed by atoms with E-state index in [0.29, 0.717) is 11.7 Å². The number of ether oxygens (including phenoxy) is 1. The van der Waals surface area contributed by atoms with E-state index in [1.54, 1.807) is 19.1 Å². The number of hydrogen-bond donors (Lipinski definition) is 2. The van der Waals surface area contributed by atoms with Gasteiger partial charge >= 0.3 is 0 Å². The van der Waals surface area contributed by atoms with Crippen molar-refractivity contribution < 1.29 is 13.9 Å². The number of carbonyl (C=O) groups is 1. The molecule has 0 spiro atoms. The van der Waals surface area contributed by atoms with E-state index in [2.05, 4.69) is 10.6 Å². The van der Waals surface area contributed by atoms with E-state index in [-0.39, 0.29) is 17.7 Å². The molecule has 116 valence electrons. The molecule has 4 nitrogen and oxygen atoms in total. The third-order valence-electron chi connectivity index (χ3n) is 3.88. The maximum absolute atomic E-state index is 13.3. The highest BCUT2D eigenvalue weighted by Gasteiger charge is 2.19. The van der Waals surface area contributed by atoms with E-state index in [9.17, 15) is 9.18 Å². The molecule has 2 N–H and O–H groups in total. The number of amides is 1. The molecule has 0 aromatic heterocycles. The summed E-state index contributed by atoms with van der Waals surface area (Å²) in [4.78, 5) is 12.2. The number of benzene rings is 1. The van der Waals surface area contributed by atoms with Crippen LogP contribution in [0.25, 0.3) is 0 Å². The first-order chi connectivity index (χ1) is 10.1. The monoisotopic (exact) mass is 294 g/mol. The number of halogens is 1. The molecule has 1 fully saturated rings. The van der Waals surface area contributed by atoms with Crippen LogP contribution in [0.2, 0.25) is 0 Å². The summed E-state index contributed by atoms with van der Waals surface area (Å²) in [6.45, 7) is 1.80. The topological polar surface area (TPSA) is 50.4 Å². The van der Waals surface area contributed by atoms with Crippen molar-refractivity contribution in [1.29, 1.82) is 0 Å². The van der Waals surface area contributed by atoms with Crippen LogP contribution < -0.4 is 15.4 Å². The molecule has 1 amide bonds. The lowest BCUT2D eigenvalue weighted by atomic mass is 9.95. The number of rotatable bonds is 5. The zero-order chi connectivity index (χ0) is 15.2. The van der Waals surface area contributed by atoms with Crippen molar-refractivity contribution in [2.45, 2.75) is 51.1 Å². The van der Waals surface area contributed by atoms with Crippen molar-refractivity contribution in [3.05, 3.63) is 24.0 Å². The summed E-state index contributed by atoms with van der Waals surface area (Å²) in [5.41, 5.74) is 0.666. The number of methoxy groups -OCH3 is 1. The van der Waals surface area contributed by atoms with Gasteiger partial charge in [0.25, 0.3) is 0 Å². The molecule has 1 atom stereocenters. The van der Waals surface area contributed by atoms with Gasteiger partial charge in [-0.05, 0) is 31.9 Å². The van der Waals surface area contributed by atoms with Crippen LogP contribution in [0.4, 0.5) is 10.1 Å². The lowest BCUT2D eigenvalue weighted by Crippen LogP contribution is -2.44. The van der Waals surface area contributed by atoms with Crippen LogP contribution in [0.15, 0.2) is 18.2 Å². The molecule has 1 aromatic rings. The van der Waals surface area contributed by atoms with E-state index in [1.165, 1.54) is 32.4 Å². The van der Waals surface area contributed by atoms with Crippen molar-refractivity contribution in [1.82, 2.24) is 5.32 Å². The summed E-state index contributed by atoms with van der Waals surface area (Å²) in [5, 5.41) is 6.15. The fourth-order valence-corrected chi connectivity index (χ4v) is 2.64. The molecule has 0 bridgehead atoms. The first kappa shape index (κ1) is 15.6. The van der Waals surface area contributed by atoms with Crippen LogP contribution in [0.1, 0.15) is 39.0 Å². The maximum Gasteiger partial charge on any atom is 0.242 e. The summed E-state index contributed by atoms with van der Waals surface area (Å²) in [6.07, 6.45) is 5.74. The largest absolute Gasteiger partial charge is 0.494 e. The Morgan fingerprint density at radius 3 is 2.71 bits per heavy atom. The van der Waals surface area contributed by atoms with E-state index in [1.807, 2.05) is 0 Å². The van der Waals surface area contributed by atoms with Gasteiger partial charge in [0.1, 0.15) is 6.04 Å². The van der Waals surface area contributed by atoms with Gasteiger partial charge in [0.15, 0.2) is 11.6 Å². The molecule has 1 unspecified atom stereocenters. The lowest BCUT2D eigenvalue weighted by Gasteiger charge is -2.25. The van der Waals surface area contributed by atoms with Crippen LogP contribution >= 0.6 is 0 Å². The number of carbonyl (C=O) groups excluding carboxylic acids is 1. The molecule has 1 aliphatic rings. The minimum atomic E-state index is -0.414. The number of anilines is 1. The normalized spacial score (nSPS) is 17.1. The van der Waals surface area contributed by atoms with E-state index < -0.39 is 5.82 Å². The van der Waals surface area contributed by atoms with Gasteiger partial charge in [-0.1, -0.05) is 19.3 Å². The fraction of sp³-hybridized carbons (Fsp3) is 0.562. The fourth-order valence-electron chi connectivity index (χ4n) is 2.64. The highest BCUT2D eigenvalue weighted by atomic mass is 19.1. The van der Waals surface area contributed by atoms with Crippen LogP contribution in [0.5, 0.6) is 5.75 Å². The van der Waals surface area contributed by atoms with E-state index >= 15 is 0 Å². The molecular weight excluding hydrogens is 271 g/mol. The first-order valence-electron chi connectivity index (χ1n) is 7.50. The van der Waals surface area contributed by atoms with Gasteiger partial charge in [0.2, 0.25) is 5.91 Å². The maximum atomic E-state index is 13.3. The third kappa shape index (κ3) is 4.34. The van der Waals surface area contributed by atoms with Crippen molar-refractivity contribution in [2.75, 3.05) is 12.4 Å². The molecule has 1 aromatic carbocycles. The Hall–Kier alpha value is -1.78. The second-order valence-corrected chi connectivity index (χ2v) is 5.56. The standard InChI is InChI=1S/C16H23FN2O2/c1-11(16(20)19-12-6-4-3-5-7-12)18-13-8-9-14(17)15(10-13)21-2/h8-12,18H,3-7H2,1-2H3,(H,19,20). The molecule has 1 aliphatic carbocycles. The van der Waals surface area contributed by atoms with Crippen molar-refractivity contribution >= 4 is 11.6 Å². The number of nitrogens with one attached hydrogen (secondary N) is 2. The quantitative estimate of drug-likeness (QED) is 0.877. The zero-order valence-electron chi connectivity index (χ0n) is 12.6. The molecular formula is C16H23FN2O2. The van der Waals surface area contributed by atoms with Gasteiger partial charge in [0.05, 0.1) is 7.11 Å². The Kier molecular flexibility index (Phi) is 5.42. The molecule has 1 saturated carbocycles. The summed E-state index contributed by atoms with van der Waals surface area (Å²) >= 11 is 0. The van der Waals surface area contributed by atoms with Gasteiger partial charge < -0.3 is 15.4 Å². The predicted molar refractivity (Wildman–Crippen MR) is 81.1 cm³/mol. The Morgan fingerprint density at radius 1 is 1.33 bits per heavy atom. The third-order valence-corrected chi connectivity index (χ3v) is 3.88. The minimum Gasteiger partial charge on any atom is -0.494 e. The molecule has 0 heterocycles. The summed E-state index contributed by atoms with van der Waals surface area (Å²) in [6, 6.07) is 4.40. The lowest BCUT2D eigenvalue weighted by molar-refractivity contribution is -0.122. The van der Waals surface area contributed by atoms with E-state index in [4.69, 9.17) is 4.74 Å². The first-order valence-corrected chi connectivity index (χ1v) is 7.50. The average molecular weight is 294 g/mol. The van der Waals surface area contributed by atoms with Crippen LogP contribution in [-0.2, 0) is 4.79 Å². The highest BCUT2D eigenvalue weighted by molar-refractivity contribution is 5.84. The molecule has 2 rings (SSSR count). The smallest absolute Gasteiger partial charge is 0.242 e. The van der Waals surface area contributed by atoms with Gasteiger partial charge in [-0.15, -0.1) is 0 Å². The van der Waals surface area contributed by atoms with Gasteiger partial charge in [0, 0.05) is 17.8 Å². The van der Waals surface area contributed by atoms with Gasteiger partial charge in [-0.2, -0.15) is 0 Å². The summed E-state index contributed by atoms with van der Waals surface area (Å²) in [7, 11) is 1.42. The SMILES string of the molecule is COc1cc(NC(C)C(=O)NC2CCCCC2)ccc1F. The van der Waals surface area contributed by atoms with Gasteiger partial charge in [-0.3, -0.25) is 4.79 Å². The molecule has 0 aliphatic heterocycles. The molecule has 21 heavy (non-hydrogen) atoms. The Labute approximate surface area is 125 Å². The van der Waals surface area contributed by atoms with Gasteiger partial charge in [-0.25, -0.2) is 4.39 Å². The second-order valence-electron chi connectivity index (χ2n) is 5.56. The predicted octanol–water partition coefficient (Wildman–Crippen LogP) is 3.08. The van der Waals surface area contributed by atoms with Crippen LogP contribution in [-0.4, -0.2) is 25.1 Å². The average Bonchev–Trinajstić information content (AvgIpc) is 2.50. The molecule has 5 heteroatoms. The van der Waals surface area contributed by atoms with Crippen molar-refractivity contribution in [3.8, 4) is 5.75 Å². The Morgan fingerprint density at radius 2 is 2.05 bits per heavy atom. The van der Waals surface area contributed by atoms with Crippen molar-refractivity contribution in [2.24, 2.45) is 0 Å². The van der Waals surface area contributed by atoms with Crippen molar-refractivity contribution in [3.63, 3.8) is 0 Å². The van der Waals surface area contributed by atoms with Crippen LogP contribution in [0, 0.1) is 5.82 Å². The Bertz CT molecular complexity index is 487. The highest BCUT2D eigenvalue weighted by Crippen LogP contribution is 2.22. The summed E-state index contributed by atoms with van der Waals surface area (Å²) in [5.74, 6) is -0.271. The minimum absolute atomic E-state index is 0.0230. The zero-order valence-corrected chi connectivity index (χ0v) is 12.6. The molecule has 0 radical (unpaired) electrons. The van der Waals surface area contributed by atoms with Crippen LogP contribution in [0.3, 0.4) is 0 Å². The second kappa shape index (κ2) is 7.29.